The van der Waals surface area contributed by atoms with Gasteiger partial charge >= 0.3 is 0 Å². The summed E-state index contributed by atoms with van der Waals surface area (Å²) in [5.74, 6) is 0.389. The smallest absolute Gasteiger partial charge is 0.267 e. The Hall–Kier alpha value is -3.29. The monoisotopic (exact) mass is 378 g/mol. The Bertz CT molecular complexity index is 847. The lowest BCUT2D eigenvalue weighted by Gasteiger charge is -2.26. The topological polar surface area (TPSA) is 87.6 Å². The number of hydrogen-bond acceptors (Lipinski definition) is 6. The number of amides is 1. The van der Waals surface area contributed by atoms with Gasteiger partial charge in [0.2, 0.25) is 0 Å². The van der Waals surface area contributed by atoms with Crippen LogP contribution in [0.1, 0.15) is 15.9 Å². The molecule has 3 rings (SSSR count). The molecule has 2 aromatic heterocycles. The lowest BCUT2D eigenvalue weighted by molar-refractivity contribution is 0.0395. The molecule has 0 bridgehead atoms. The number of aromatic nitrogens is 2. The summed E-state index contributed by atoms with van der Waals surface area (Å²) in [4.78, 5) is 20.5. The molecule has 7 heteroatoms. The molecule has 1 atom stereocenters. The van der Waals surface area contributed by atoms with Crippen molar-refractivity contribution < 1.29 is 14.6 Å². The molecule has 2 heterocycles. The van der Waals surface area contributed by atoms with Crippen molar-refractivity contribution in [2.75, 3.05) is 13.2 Å². The average molecular weight is 378 g/mol. The number of rotatable bonds is 9. The second kappa shape index (κ2) is 10.1. The van der Waals surface area contributed by atoms with E-state index in [9.17, 15) is 9.90 Å². The van der Waals surface area contributed by atoms with Crippen LogP contribution in [0.15, 0.2) is 79.4 Å². The predicted molar refractivity (Wildman–Crippen MR) is 104 cm³/mol. The molecule has 0 aliphatic heterocycles. The quantitative estimate of drug-likeness (QED) is 0.554. The third-order valence-electron chi connectivity index (χ3n) is 3.92. The van der Waals surface area contributed by atoms with Gasteiger partial charge in [-0.1, -0.05) is 18.2 Å². The zero-order chi connectivity index (χ0) is 19.6. The van der Waals surface area contributed by atoms with Crippen LogP contribution in [0.5, 0.6) is 5.75 Å². The molecule has 144 valence electrons. The van der Waals surface area contributed by atoms with Crippen LogP contribution in [-0.2, 0) is 6.54 Å². The fraction of sp³-hybridized carbons (Fsp3) is 0.190. The van der Waals surface area contributed by atoms with E-state index in [4.69, 9.17) is 4.74 Å². The van der Waals surface area contributed by atoms with Gasteiger partial charge in [0, 0.05) is 37.9 Å². The summed E-state index contributed by atoms with van der Waals surface area (Å²) in [5, 5.41) is 12.1. The zero-order valence-corrected chi connectivity index (χ0v) is 15.3. The van der Waals surface area contributed by atoms with Crippen LogP contribution in [0, 0.1) is 0 Å². The Balaban J connectivity index is 1.62. The summed E-state index contributed by atoms with van der Waals surface area (Å²) in [7, 11) is 0. The molecule has 0 aliphatic rings. The molecule has 1 aromatic carbocycles. The Labute approximate surface area is 163 Å². The number of carbonyl (C=O) groups is 1. The number of pyridine rings is 2. The predicted octanol–water partition coefficient (Wildman–Crippen LogP) is 2.06. The standard InChI is InChI=1S/C21H22N4O3/c26-19(16-28-20-6-2-1-3-7-20)15-25(14-17-8-11-22-12-9-17)24-21(27)18-5-4-10-23-13-18/h1-13,19,26H,14-16H2,(H,24,27). The van der Waals surface area contributed by atoms with Crippen molar-refractivity contribution in [1.29, 1.82) is 0 Å². The maximum absolute atomic E-state index is 12.5. The first kappa shape index (κ1) is 19.5. The lowest BCUT2D eigenvalue weighted by atomic mass is 10.2. The van der Waals surface area contributed by atoms with Crippen LogP contribution in [0.4, 0.5) is 0 Å². The highest BCUT2D eigenvalue weighted by molar-refractivity contribution is 5.93. The van der Waals surface area contributed by atoms with E-state index in [1.54, 1.807) is 35.7 Å². The number of para-hydroxylation sites is 1. The van der Waals surface area contributed by atoms with Gasteiger partial charge in [-0.05, 0) is 42.0 Å². The number of ether oxygens (including phenoxy) is 1. The molecule has 0 saturated carbocycles. The lowest BCUT2D eigenvalue weighted by Crippen LogP contribution is -2.46. The van der Waals surface area contributed by atoms with Gasteiger partial charge in [-0.15, -0.1) is 0 Å². The number of aliphatic hydroxyl groups is 1. The summed E-state index contributed by atoms with van der Waals surface area (Å²) in [6.07, 6.45) is 5.68. The van der Waals surface area contributed by atoms with Crippen LogP contribution < -0.4 is 10.2 Å². The minimum Gasteiger partial charge on any atom is -0.491 e. The molecule has 1 amide bonds. The Morgan fingerprint density at radius 3 is 2.54 bits per heavy atom. The fourth-order valence-electron chi connectivity index (χ4n) is 2.58. The second-order valence-corrected chi connectivity index (χ2v) is 6.20. The van der Waals surface area contributed by atoms with Gasteiger partial charge in [-0.2, -0.15) is 0 Å². The highest BCUT2D eigenvalue weighted by Crippen LogP contribution is 2.09. The van der Waals surface area contributed by atoms with Gasteiger partial charge in [-0.3, -0.25) is 20.2 Å². The zero-order valence-electron chi connectivity index (χ0n) is 15.3. The van der Waals surface area contributed by atoms with E-state index in [0.29, 0.717) is 17.9 Å². The van der Waals surface area contributed by atoms with Crippen LogP contribution in [-0.4, -0.2) is 45.2 Å². The Morgan fingerprint density at radius 1 is 1.04 bits per heavy atom. The normalized spacial score (nSPS) is 11.8. The summed E-state index contributed by atoms with van der Waals surface area (Å²) in [5.41, 5.74) is 4.23. The van der Waals surface area contributed by atoms with Gasteiger partial charge in [0.1, 0.15) is 18.5 Å². The van der Waals surface area contributed by atoms with Crippen LogP contribution >= 0.6 is 0 Å². The minimum absolute atomic E-state index is 0.111. The van der Waals surface area contributed by atoms with E-state index < -0.39 is 6.10 Å². The van der Waals surface area contributed by atoms with E-state index in [1.165, 1.54) is 6.20 Å². The van der Waals surface area contributed by atoms with Crippen molar-refractivity contribution in [2.24, 2.45) is 0 Å². The molecular formula is C21H22N4O3. The SMILES string of the molecule is O=C(NN(Cc1ccncc1)CC(O)COc1ccccc1)c1cccnc1. The number of nitrogens with one attached hydrogen (secondary N) is 1. The number of benzene rings is 1. The molecule has 1 unspecified atom stereocenters. The molecule has 0 saturated heterocycles. The number of nitrogens with zero attached hydrogens (tertiary/aromatic N) is 3. The molecule has 0 aliphatic carbocycles. The van der Waals surface area contributed by atoms with Gasteiger partial charge in [0.05, 0.1) is 5.56 Å². The number of hydrazine groups is 1. The first-order valence-electron chi connectivity index (χ1n) is 8.91. The minimum atomic E-state index is -0.795. The number of aliphatic hydroxyl groups excluding tert-OH is 1. The van der Waals surface area contributed by atoms with E-state index in [0.717, 1.165) is 5.56 Å². The van der Waals surface area contributed by atoms with E-state index >= 15 is 0 Å². The maximum Gasteiger partial charge on any atom is 0.267 e. The Morgan fingerprint density at radius 2 is 1.82 bits per heavy atom. The highest BCUT2D eigenvalue weighted by atomic mass is 16.5. The van der Waals surface area contributed by atoms with Crippen molar-refractivity contribution >= 4 is 5.91 Å². The fourth-order valence-corrected chi connectivity index (χ4v) is 2.58. The summed E-state index contributed by atoms with van der Waals surface area (Å²) in [6.45, 7) is 0.720. The molecule has 2 N–H and O–H groups in total. The van der Waals surface area contributed by atoms with Gasteiger partial charge in [0.15, 0.2) is 0 Å². The van der Waals surface area contributed by atoms with Crippen molar-refractivity contribution in [2.45, 2.75) is 12.6 Å². The van der Waals surface area contributed by atoms with Crippen LogP contribution in [0.3, 0.4) is 0 Å². The molecule has 7 nitrogen and oxygen atoms in total. The van der Waals surface area contributed by atoms with E-state index in [2.05, 4.69) is 15.4 Å². The third-order valence-corrected chi connectivity index (χ3v) is 3.92. The summed E-state index contributed by atoms with van der Waals surface area (Å²) >= 11 is 0. The van der Waals surface area contributed by atoms with Gasteiger partial charge in [-0.25, -0.2) is 5.01 Å². The maximum atomic E-state index is 12.5. The summed E-state index contributed by atoms with van der Waals surface area (Å²) < 4.78 is 5.60. The van der Waals surface area contributed by atoms with Crippen molar-refractivity contribution in [1.82, 2.24) is 20.4 Å². The first-order chi connectivity index (χ1) is 13.7. The number of hydrogen-bond donors (Lipinski definition) is 2. The largest absolute Gasteiger partial charge is 0.491 e. The Kier molecular flexibility index (Phi) is 7.06. The van der Waals surface area contributed by atoms with Crippen LogP contribution in [0.25, 0.3) is 0 Å². The second-order valence-electron chi connectivity index (χ2n) is 6.20. The van der Waals surface area contributed by atoms with Crippen molar-refractivity contribution in [3.05, 3.63) is 90.5 Å². The molecule has 0 radical (unpaired) electrons. The van der Waals surface area contributed by atoms with Crippen molar-refractivity contribution in [3.63, 3.8) is 0 Å². The molecular weight excluding hydrogens is 356 g/mol. The average Bonchev–Trinajstić information content (AvgIpc) is 2.74. The highest BCUT2D eigenvalue weighted by Gasteiger charge is 2.16. The van der Waals surface area contributed by atoms with E-state index in [1.807, 2.05) is 42.5 Å². The molecule has 0 spiro atoms. The number of carbonyl (C=O) groups excluding carboxylic acids is 1. The third kappa shape index (κ3) is 6.15. The van der Waals surface area contributed by atoms with Crippen LogP contribution in [0.2, 0.25) is 0 Å². The van der Waals surface area contributed by atoms with Gasteiger partial charge in [0.25, 0.3) is 5.91 Å². The summed E-state index contributed by atoms with van der Waals surface area (Å²) in [6, 6.07) is 16.4. The first-order valence-corrected chi connectivity index (χ1v) is 8.91. The van der Waals surface area contributed by atoms with Crippen molar-refractivity contribution in [3.8, 4) is 5.75 Å². The molecule has 3 aromatic rings. The molecule has 0 fully saturated rings. The van der Waals surface area contributed by atoms with Gasteiger partial charge < -0.3 is 9.84 Å². The van der Waals surface area contributed by atoms with E-state index in [-0.39, 0.29) is 19.1 Å². The molecule has 28 heavy (non-hydrogen) atoms.